The summed E-state index contributed by atoms with van der Waals surface area (Å²) in [5.41, 5.74) is 1.15. The maximum atomic E-state index is 14.7. The molecule has 2 aliphatic carbocycles. The number of likely N-dealkylation sites (N-methyl/N-ethyl adjacent to an activating group) is 4. The first-order valence-electron chi connectivity index (χ1n) is 28.6. The molecule has 6 rings (SSSR count). The van der Waals surface area contributed by atoms with Crippen LogP contribution in [-0.2, 0) is 79.6 Å². The van der Waals surface area contributed by atoms with Crippen molar-refractivity contribution in [2.24, 2.45) is 23.7 Å². The molecule has 23 nitrogen and oxygen atoms in total. The molecule has 4 aliphatic rings. The van der Waals surface area contributed by atoms with E-state index in [0.717, 1.165) is 41.3 Å². The molecule has 2 saturated carbocycles. The summed E-state index contributed by atoms with van der Waals surface area (Å²) >= 11 is 0. The minimum Gasteiger partial charge on any atom is -0.479 e. The van der Waals surface area contributed by atoms with E-state index >= 15 is 0 Å². The maximum absolute atomic E-state index is 14.7. The number of nitrogens with one attached hydrogen (secondary N) is 1. The van der Waals surface area contributed by atoms with Crippen molar-refractivity contribution in [3.8, 4) is 0 Å². The normalized spacial score (nSPS) is 18.5. The first-order chi connectivity index (χ1) is 38.5. The highest BCUT2D eigenvalue weighted by molar-refractivity contribution is 5.93. The number of hydrogen-bond donors (Lipinski definition) is 2. The Kier molecular flexibility index (Phi) is 23.6. The number of pyridine rings is 2. The number of nitrogens with zero attached hydrogens (tertiary/aromatic N) is 7. The van der Waals surface area contributed by atoms with E-state index in [0.29, 0.717) is 81.9 Å². The SMILES string of the molecule is CN[C@@H](CC1CC1)C(=O)O[C@H](Cc1ccc(N2CCOCC2)nc1)C(=O)N(C)[C@@H](CC(C)C)C(=O)O[C@H](C)C(=O)N(C)[C@@H](CC1CC1)C(=O)O[C@H](Cc1ccc(N2CCOCC2)nc1)C(=O)N(C)[C@@H](CC(C)C)C(=O)O[C@H](C)C(=O)O. The van der Waals surface area contributed by atoms with Gasteiger partial charge in [-0.25, -0.2) is 29.1 Å². The average molecular weight is 1140 g/mol. The van der Waals surface area contributed by atoms with Crippen molar-refractivity contribution < 1.29 is 71.9 Å². The molecule has 8 atom stereocenters. The van der Waals surface area contributed by atoms with Crippen LogP contribution in [0.25, 0.3) is 0 Å². The second-order valence-corrected chi connectivity index (χ2v) is 22.9. The Balaban J connectivity index is 1.20. The fraction of sp³-hybridized carbons (Fsp3) is 0.690. The number of carboxylic acids is 1. The molecule has 0 radical (unpaired) electrons. The van der Waals surface area contributed by atoms with E-state index in [-0.39, 0.29) is 49.9 Å². The Morgan fingerprint density at radius 1 is 0.568 bits per heavy atom. The lowest BCUT2D eigenvalue weighted by molar-refractivity contribution is -0.174. The lowest BCUT2D eigenvalue weighted by Crippen LogP contribution is -2.53. The van der Waals surface area contributed by atoms with Crippen molar-refractivity contribution >= 4 is 59.2 Å². The van der Waals surface area contributed by atoms with Crippen molar-refractivity contribution in [2.45, 2.75) is 154 Å². The zero-order valence-electron chi connectivity index (χ0n) is 48.9. The zero-order chi connectivity index (χ0) is 59.1. The standard InChI is InChI=1S/C58H86N8O15/c1-35(2)27-44(63(9)52(68)47(80-55(72)43(59-7)29-39-11-12-39)31-41-15-17-49(60-33-41)65-19-23-76-24-20-65)56(73)78-37(5)51(67)62(8)46(30-40-13-14-40)58(75)81-48(32-42-16-18-50(61-34-42)66-21-25-77-26-22-66)53(69)64(10)45(28-36(3)4)57(74)79-38(6)54(70)71/h15-18,33-40,43-48,59H,11-14,19-32H2,1-10H3,(H,70,71)/t37-,38-,43+,44+,45+,46+,47-,48-/m1/s1. The van der Waals surface area contributed by atoms with Gasteiger partial charge in [-0.15, -0.1) is 0 Å². The van der Waals surface area contributed by atoms with E-state index in [4.69, 9.17) is 28.4 Å². The number of hydrogen-bond acceptors (Lipinski definition) is 19. The number of esters is 4. The fourth-order valence-electron chi connectivity index (χ4n) is 9.89. The Bertz CT molecular complexity index is 2440. The lowest BCUT2D eigenvalue weighted by Gasteiger charge is -2.34. The number of amides is 3. The molecule has 0 unspecified atom stereocenters. The summed E-state index contributed by atoms with van der Waals surface area (Å²) in [5, 5.41) is 12.5. The van der Waals surface area contributed by atoms with Gasteiger partial charge in [0.1, 0.15) is 35.8 Å². The maximum Gasteiger partial charge on any atom is 0.344 e. The number of morpholine rings is 2. The summed E-state index contributed by atoms with van der Waals surface area (Å²) in [6, 6.07) is 2.83. The number of aromatic nitrogens is 2. The van der Waals surface area contributed by atoms with Crippen LogP contribution in [-0.4, -0.2) is 207 Å². The Labute approximate surface area is 476 Å². The highest BCUT2D eigenvalue weighted by Gasteiger charge is 2.43. The van der Waals surface area contributed by atoms with Gasteiger partial charge in [0.2, 0.25) is 0 Å². The molecule has 448 valence electrons. The summed E-state index contributed by atoms with van der Waals surface area (Å²) < 4.78 is 34.3. The van der Waals surface area contributed by atoms with E-state index in [9.17, 15) is 43.5 Å². The largest absolute Gasteiger partial charge is 0.479 e. The molecule has 0 bridgehead atoms. The fourth-order valence-corrected chi connectivity index (χ4v) is 9.89. The van der Waals surface area contributed by atoms with Gasteiger partial charge in [-0.1, -0.05) is 65.5 Å². The molecule has 2 aliphatic heterocycles. The Morgan fingerprint density at radius 3 is 1.35 bits per heavy atom. The molecule has 2 aromatic rings. The van der Waals surface area contributed by atoms with Crippen LogP contribution >= 0.6 is 0 Å². The predicted molar refractivity (Wildman–Crippen MR) is 297 cm³/mol. The van der Waals surface area contributed by atoms with Crippen molar-refractivity contribution in [3.63, 3.8) is 0 Å². The van der Waals surface area contributed by atoms with Crippen LogP contribution in [0.1, 0.15) is 104 Å². The van der Waals surface area contributed by atoms with Gasteiger partial charge in [0.05, 0.1) is 26.4 Å². The number of ether oxygens (including phenoxy) is 6. The minimum absolute atomic E-state index is 0.0370. The van der Waals surface area contributed by atoms with Gasteiger partial charge in [0.15, 0.2) is 24.4 Å². The zero-order valence-corrected chi connectivity index (χ0v) is 48.9. The number of carbonyl (C=O) groups excluding carboxylic acids is 7. The van der Waals surface area contributed by atoms with E-state index in [1.807, 2.05) is 39.8 Å². The number of carboxylic acid groups (broad SMARTS) is 1. The molecular formula is C58H86N8O15. The van der Waals surface area contributed by atoms with Crippen molar-refractivity contribution in [3.05, 3.63) is 47.8 Å². The average Bonchev–Trinajstić information content (AvgIpc) is 4.44. The number of rotatable bonds is 30. The summed E-state index contributed by atoms with van der Waals surface area (Å²) in [6.45, 7) is 14.8. The van der Waals surface area contributed by atoms with Crippen LogP contribution in [0.15, 0.2) is 36.7 Å². The number of carbonyl (C=O) groups is 8. The first kappa shape index (κ1) is 63.7. The molecule has 3 amide bonds. The molecule has 2 aromatic heterocycles. The molecule has 4 fully saturated rings. The van der Waals surface area contributed by atoms with E-state index < -0.39 is 96.2 Å². The number of aliphatic carboxylic acids is 1. The number of anilines is 2. The lowest BCUT2D eigenvalue weighted by atomic mass is 10.0. The molecule has 2 N–H and O–H groups in total. The summed E-state index contributed by atoms with van der Waals surface area (Å²) in [5.74, 6) is -5.39. The first-order valence-corrected chi connectivity index (χ1v) is 28.6. The van der Waals surface area contributed by atoms with Crippen molar-refractivity contribution in [1.82, 2.24) is 30.0 Å². The quantitative estimate of drug-likeness (QED) is 0.0838. The highest BCUT2D eigenvalue weighted by Crippen LogP contribution is 2.36. The molecule has 2 saturated heterocycles. The van der Waals surface area contributed by atoms with Crippen molar-refractivity contribution in [1.29, 1.82) is 0 Å². The monoisotopic (exact) mass is 1130 g/mol. The third-order valence-electron chi connectivity index (χ3n) is 15.3. The van der Waals surface area contributed by atoms with Gasteiger partial charge >= 0.3 is 29.8 Å². The summed E-state index contributed by atoms with van der Waals surface area (Å²) in [4.78, 5) is 129. The minimum atomic E-state index is -1.56. The van der Waals surface area contributed by atoms with Crippen molar-refractivity contribution in [2.75, 3.05) is 90.6 Å². The topological polar surface area (TPSA) is 266 Å². The van der Waals surface area contributed by atoms with Gasteiger partial charge in [0, 0.05) is 72.6 Å². The molecule has 81 heavy (non-hydrogen) atoms. The van der Waals surface area contributed by atoms with Crippen LogP contribution in [0.5, 0.6) is 0 Å². The second kappa shape index (κ2) is 30.0. The second-order valence-electron chi connectivity index (χ2n) is 22.9. The van der Waals surface area contributed by atoms with Crippen LogP contribution in [0, 0.1) is 23.7 Å². The third-order valence-corrected chi connectivity index (χ3v) is 15.3. The van der Waals surface area contributed by atoms with Gasteiger partial charge in [-0.2, -0.15) is 0 Å². The van der Waals surface area contributed by atoms with Gasteiger partial charge < -0.3 is 63.3 Å². The Hall–Kier alpha value is -6.46. The smallest absolute Gasteiger partial charge is 0.344 e. The predicted octanol–water partition coefficient (Wildman–Crippen LogP) is 3.47. The van der Waals surface area contributed by atoms with E-state index in [2.05, 4.69) is 25.1 Å². The van der Waals surface area contributed by atoms with E-state index in [1.54, 1.807) is 31.6 Å². The molecular weight excluding hydrogens is 1050 g/mol. The van der Waals surface area contributed by atoms with Crippen LogP contribution in [0.3, 0.4) is 0 Å². The highest BCUT2D eigenvalue weighted by atomic mass is 16.6. The van der Waals surface area contributed by atoms with Gasteiger partial charge in [0.25, 0.3) is 17.7 Å². The van der Waals surface area contributed by atoms with Gasteiger partial charge in [-0.3, -0.25) is 19.2 Å². The van der Waals surface area contributed by atoms with Crippen LogP contribution in [0.2, 0.25) is 0 Å². The third kappa shape index (κ3) is 18.8. The van der Waals surface area contributed by atoms with E-state index in [1.165, 1.54) is 39.9 Å². The van der Waals surface area contributed by atoms with Gasteiger partial charge in [-0.05, 0) is 93.5 Å². The summed E-state index contributed by atoms with van der Waals surface area (Å²) in [6.07, 6.45) is 1.59. The summed E-state index contributed by atoms with van der Waals surface area (Å²) in [7, 11) is 5.85. The molecule has 4 heterocycles. The molecule has 0 aromatic carbocycles. The van der Waals surface area contributed by atoms with Crippen LogP contribution in [0.4, 0.5) is 11.6 Å². The van der Waals surface area contributed by atoms with Crippen LogP contribution < -0.4 is 15.1 Å². The Morgan fingerprint density at radius 2 is 0.963 bits per heavy atom. The molecule has 23 heteroatoms. The molecule has 0 spiro atoms.